The first kappa shape index (κ1) is 12.7. The van der Waals surface area contributed by atoms with E-state index in [1.807, 2.05) is 26.0 Å². The maximum absolute atomic E-state index is 8.76. The Morgan fingerprint density at radius 2 is 1.79 bits per heavy atom. The third kappa shape index (κ3) is 3.22. The molecule has 1 nitrogen and oxygen atoms in total. The van der Waals surface area contributed by atoms with E-state index in [2.05, 4.69) is 26.0 Å². The van der Waals surface area contributed by atoms with Crippen LogP contribution in [0.2, 0.25) is 0 Å². The van der Waals surface area contributed by atoms with Gasteiger partial charge < -0.3 is 0 Å². The molecule has 0 fully saturated rings. The van der Waals surface area contributed by atoms with Crippen LogP contribution in [0.5, 0.6) is 0 Å². The zero-order valence-electron chi connectivity index (χ0n) is 9.59. The maximum atomic E-state index is 8.76. The summed E-state index contributed by atoms with van der Waals surface area (Å²) < 4.78 is 0. The Kier molecular flexibility index (Phi) is 6.49. The maximum Gasteiger partial charge on any atom is 0.0994 e. The van der Waals surface area contributed by atoms with E-state index in [-0.39, 0.29) is 0 Å². The lowest BCUT2D eigenvalue weighted by molar-refractivity contribution is 1.08. The summed E-state index contributed by atoms with van der Waals surface area (Å²) >= 11 is 0. The van der Waals surface area contributed by atoms with Gasteiger partial charge in [-0.2, -0.15) is 5.26 Å². The third-order valence-electron chi connectivity index (χ3n) is 2.08. The van der Waals surface area contributed by atoms with Crippen molar-refractivity contribution in [2.75, 3.05) is 0 Å². The van der Waals surface area contributed by atoms with E-state index in [0.717, 1.165) is 24.0 Å². The lowest BCUT2D eigenvalue weighted by Crippen LogP contribution is -1.90. The molecular weight excluding hydrogens is 170 g/mol. The fraction of sp³-hybridized carbons (Fsp3) is 0.462. The summed E-state index contributed by atoms with van der Waals surface area (Å²) in [7, 11) is 0. The van der Waals surface area contributed by atoms with E-state index in [4.69, 9.17) is 5.26 Å². The molecule has 0 aliphatic heterocycles. The number of nitrogens with zero attached hydrogens (tertiary/aromatic N) is 1. The first-order valence-corrected chi connectivity index (χ1v) is 5.33. The van der Waals surface area contributed by atoms with Gasteiger partial charge in [0.1, 0.15) is 0 Å². The Labute approximate surface area is 87.4 Å². The molecule has 0 aromatic heterocycles. The van der Waals surface area contributed by atoms with Gasteiger partial charge in [-0.3, -0.25) is 0 Å². The predicted molar refractivity (Wildman–Crippen MR) is 61.3 cm³/mol. The summed E-state index contributed by atoms with van der Waals surface area (Å²) in [6.45, 7) is 8.20. The van der Waals surface area contributed by atoms with E-state index < -0.39 is 0 Å². The molecule has 0 saturated carbocycles. The monoisotopic (exact) mass is 189 g/mol. The second-order valence-corrected chi connectivity index (χ2v) is 2.81. The molecular formula is C13H19N. The van der Waals surface area contributed by atoms with Gasteiger partial charge in [-0.05, 0) is 30.0 Å². The second-order valence-electron chi connectivity index (χ2n) is 2.81. The fourth-order valence-corrected chi connectivity index (χ4v) is 1.27. The van der Waals surface area contributed by atoms with E-state index in [1.54, 1.807) is 0 Å². The molecule has 0 spiro atoms. The van der Waals surface area contributed by atoms with Crippen LogP contribution >= 0.6 is 0 Å². The van der Waals surface area contributed by atoms with Crippen molar-refractivity contribution in [1.29, 1.82) is 5.26 Å². The number of nitriles is 1. The minimum absolute atomic E-state index is 0.815. The molecule has 0 amide bonds. The van der Waals surface area contributed by atoms with Crippen molar-refractivity contribution in [2.24, 2.45) is 0 Å². The summed E-state index contributed by atoms with van der Waals surface area (Å²) in [5.74, 6) is 0. The highest BCUT2D eigenvalue weighted by Gasteiger charge is 1.99. The van der Waals surface area contributed by atoms with E-state index in [0.29, 0.717) is 0 Å². The van der Waals surface area contributed by atoms with Gasteiger partial charge in [0.15, 0.2) is 0 Å². The summed E-state index contributed by atoms with van der Waals surface area (Å²) in [5, 5.41) is 8.76. The molecule has 0 bridgehead atoms. The highest BCUT2D eigenvalue weighted by Crippen LogP contribution is 2.12. The highest BCUT2D eigenvalue weighted by atomic mass is 14.2. The van der Waals surface area contributed by atoms with Gasteiger partial charge in [-0.15, -0.1) is 0 Å². The first-order valence-electron chi connectivity index (χ1n) is 5.33. The second kappa shape index (κ2) is 7.15. The van der Waals surface area contributed by atoms with Crippen LogP contribution in [0.25, 0.3) is 0 Å². The average molecular weight is 189 g/mol. The van der Waals surface area contributed by atoms with Gasteiger partial charge in [0.05, 0.1) is 11.6 Å². The smallest absolute Gasteiger partial charge is 0.0994 e. The molecule has 1 rings (SSSR count). The van der Waals surface area contributed by atoms with Crippen LogP contribution in [0.1, 0.15) is 44.4 Å². The van der Waals surface area contributed by atoms with Crippen LogP contribution in [0.4, 0.5) is 0 Å². The third-order valence-corrected chi connectivity index (χ3v) is 2.08. The van der Waals surface area contributed by atoms with E-state index in [1.165, 1.54) is 5.56 Å². The topological polar surface area (TPSA) is 23.8 Å². The zero-order valence-corrected chi connectivity index (χ0v) is 9.59. The van der Waals surface area contributed by atoms with Crippen LogP contribution < -0.4 is 0 Å². The van der Waals surface area contributed by atoms with Gasteiger partial charge >= 0.3 is 0 Å². The van der Waals surface area contributed by atoms with Crippen LogP contribution in [-0.2, 0) is 12.8 Å². The molecule has 14 heavy (non-hydrogen) atoms. The largest absolute Gasteiger partial charge is 0.192 e. The SMILES string of the molecule is CC.CCc1ccc(C#N)c(CC)c1. The van der Waals surface area contributed by atoms with Crippen molar-refractivity contribution in [3.8, 4) is 6.07 Å². The van der Waals surface area contributed by atoms with Crippen molar-refractivity contribution < 1.29 is 0 Å². The zero-order chi connectivity index (χ0) is 11.0. The average Bonchev–Trinajstić information content (AvgIpc) is 2.30. The molecule has 76 valence electrons. The van der Waals surface area contributed by atoms with Crippen LogP contribution in [-0.4, -0.2) is 0 Å². The van der Waals surface area contributed by atoms with Crippen molar-refractivity contribution in [1.82, 2.24) is 0 Å². The van der Waals surface area contributed by atoms with Crippen LogP contribution in [0.15, 0.2) is 18.2 Å². The quantitative estimate of drug-likeness (QED) is 0.695. The molecule has 1 heteroatoms. The van der Waals surface area contributed by atoms with E-state index >= 15 is 0 Å². The summed E-state index contributed by atoms with van der Waals surface area (Å²) in [5.41, 5.74) is 3.29. The number of aryl methyl sites for hydroxylation is 2. The Morgan fingerprint density at radius 1 is 1.14 bits per heavy atom. The van der Waals surface area contributed by atoms with Gasteiger partial charge in [-0.1, -0.05) is 39.8 Å². The minimum Gasteiger partial charge on any atom is -0.192 e. The minimum atomic E-state index is 0.815. The Hall–Kier alpha value is -1.29. The number of rotatable bonds is 2. The number of benzene rings is 1. The molecule has 0 N–H and O–H groups in total. The number of hydrogen-bond acceptors (Lipinski definition) is 1. The standard InChI is InChI=1S/C11H13N.C2H6/c1-3-9-5-6-11(8-12)10(4-2)7-9;1-2/h5-7H,3-4H2,1-2H3;1-2H3. The first-order chi connectivity index (χ1) is 6.81. The summed E-state index contributed by atoms with van der Waals surface area (Å²) in [6.07, 6.45) is 1.98. The Balaban J connectivity index is 0.000000791. The predicted octanol–water partition coefficient (Wildman–Crippen LogP) is 3.71. The molecule has 1 aromatic rings. The van der Waals surface area contributed by atoms with Gasteiger partial charge in [0, 0.05) is 0 Å². The molecule has 0 saturated heterocycles. The molecule has 0 radical (unpaired) electrons. The molecule has 0 aliphatic rings. The molecule has 1 aromatic carbocycles. The normalized spacial score (nSPS) is 8.50. The molecule has 0 unspecified atom stereocenters. The van der Waals surface area contributed by atoms with Crippen molar-refractivity contribution in [2.45, 2.75) is 40.5 Å². The van der Waals surface area contributed by atoms with Gasteiger partial charge in [-0.25, -0.2) is 0 Å². The Morgan fingerprint density at radius 3 is 2.21 bits per heavy atom. The fourth-order valence-electron chi connectivity index (χ4n) is 1.27. The lowest BCUT2D eigenvalue weighted by atomic mass is 10.0. The van der Waals surface area contributed by atoms with E-state index in [9.17, 15) is 0 Å². The van der Waals surface area contributed by atoms with Crippen molar-refractivity contribution in [3.63, 3.8) is 0 Å². The lowest BCUT2D eigenvalue weighted by Gasteiger charge is -2.02. The summed E-state index contributed by atoms with van der Waals surface area (Å²) in [4.78, 5) is 0. The van der Waals surface area contributed by atoms with Crippen LogP contribution in [0, 0.1) is 11.3 Å². The molecule has 0 atom stereocenters. The summed E-state index contributed by atoms with van der Waals surface area (Å²) in [6, 6.07) is 8.26. The van der Waals surface area contributed by atoms with Gasteiger partial charge in [0.2, 0.25) is 0 Å². The molecule has 0 aliphatic carbocycles. The highest BCUT2D eigenvalue weighted by molar-refractivity contribution is 5.40. The van der Waals surface area contributed by atoms with Gasteiger partial charge in [0.25, 0.3) is 0 Å². The molecule has 0 heterocycles. The van der Waals surface area contributed by atoms with Crippen molar-refractivity contribution >= 4 is 0 Å². The van der Waals surface area contributed by atoms with Crippen LogP contribution in [0.3, 0.4) is 0 Å². The van der Waals surface area contributed by atoms with Crippen molar-refractivity contribution in [3.05, 3.63) is 34.9 Å². The number of hydrogen-bond donors (Lipinski definition) is 0. The Bertz CT molecular complexity index is 308.